The third-order valence-electron chi connectivity index (χ3n) is 1.18. The summed E-state index contributed by atoms with van der Waals surface area (Å²) in [6, 6.07) is 2.40. The van der Waals surface area contributed by atoms with Crippen LogP contribution in [0.4, 0.5) is 0 Å². The molecule has 12 heavy (non-hydrogen) atoms. The fraction of sp³-hybridized carbons (Fsp3) is 0.167. The average molecular weight is 190 g/mol. The zero-order chi connectivity index (χ0) is 9.19. The van der Waals surface area contributed by atoms with Gasteiger partial charge in [0.2, 0.25) is 5.09 Å². The van der Waals surface area contributed by atoms with Crippen molar-refractivity contribution >= 4 is 16.4 Å². The Kier molecular flexibility index (Phi) is 2.30. The summed E-state index contributed by atoms with van der Waals surface area (Å²) in [6.07, 6.45) is 0.411. The van der Waals surface area contributed by atoms with Gasteiger partial charge in [-0.1, -0.05) is 0 Å². The second kappa shape index (κ2) is 3.08. The van der Waals surface area contributed by atoms with Gasteiger partial charge in [0.25, 0.3) is 0 Å². The lowest BCUT2D eigenvalue weighted by atomic mass is 10.5. The number of furan rings is 1. The number of hydrogen-bond donors (Lipinski definition) is 0. The van der Waals surface area contributed by atoms with Gasteiger partial charge < -0.3 is 4.42 Å². The van der Waals surface area contributed by atoms with Gasteiger partial charge >= 0.3 is 10.1 Å². The molecule has 0 fully saturated rings. The molecule has 0 aliphatic rings. The summed E-state index contributed by atoms with van der Waals surface area (Å²) in [5.74, 6) is -0.0503. The van der Waals surface area contributed by atoms with Crippen molar-refractivity contribution < 1.29 is 21.8 Å². The predicted octanol–water partition coefficient (Wildman–Crippen LogP) is 0.427. The van der Waals surface area contributed by atoms with Gasteiger partial charge in [-0.3, -0.25) is 8.98 Å². The largest absolute Gasteiger partial charge is 0.439 e. The fourth-order valence-electron chi connectivity index (χ4n) is 0.614. The molecule has 5 nitrogen and oxygen atoms in total. The van der Waals surface area contributed by atoms with Crippen molar-refractivity contribution in [3.8, 4) is 0 Å². The van der Waals surface area contributed by atoms with Gasteiger partial charge in [-0.25, -0.2) is 0 Å². The molecule has 0 radical (unpaired) electrons. The maximum Gasteiger partial charge on any atom is 0.330 e. The number of hydrogen-bond acceptors (Lipinski definition) is 5. The normalized spacial score (nSPS) is 11.4. The molecular weight excluding hydrogens is 184 g/mol. The average Bonchev–Trinajstić information content (AvgIpc) is 2.52. The molecule has 0 atom stereocenters. The van der Waals surface area contributed by atoms with Gasteiger partial charge in [0.05, 0.1) is 7.11 Å². The van der Waals surface area contributed by atoms with Crippen molar-refractivity contribution in [1.29, 1.82) is 0 Å². The second-order valence-electron chi connectivity index (χ2n) is 1.90. The summed E-state index contributed by atoms with van der Waals surface area (Å²) < 4.78 is 30.5. The van der Waals surface area contributed by atoms with Crippen molar-refractivity contribution in [3.05, 3.63) is 17.9 Å². The summed E-state index contributed by atoms with van der Waals surface area (Å²) in [7, 11) is -2.80. The van der Waals surface area contributed by atoms with E-state index in [1.54, 1.807) is 0 Å². The highest BCUT2D eigenvalue weighted by Gasteiger charge is 2.17. The van der Waals surface area contributed by atoms with Gasteiger partial charge in [-0.05, 0) is 12.1 Å². The van der Waals surface area contributed by atoms with Crippen molar-refractivity contribution in [1.82, 2.24) is 0 Å². The summed E-state index contributed by atoms with van der Waals surface area (Å²) in [5, 5.41) is -0.368. The Bertz CT molecular complexity index is 374. The van der Waals surface area contributed by atoms with E-state index in [0.717, 1.165) is 13.2 Å². The van der Waals surface area contributed by atoms with Crippen molar-refractivity contribution in [3.63, 3.8) is 0 Å². The highest BCUT2D eigenvalue weighted by molar-refractivity contribution is 7.86. The third-order valence-corrected chi connectivity index (χ3v) is 2.34. The summed E-state index contributed by atoms with van der Waals surface area (Å²) in [4.78, 5) is 10.1. The van der Waals surface area contributed by atoms with E-state index in [0.29, 0.717) is 6.29 Å². The molecule has 0 saturated heterocycles. The number of carbonyl (C=O) groups excluding carboxylic acids is 1. The Balaban J connectivity index is 3.13. The first-order valence-electron chi connectivity index (χ1n) is 2.96. The minimum absolute atomic E-state index is 0.0503. The first kappa shape index (κ1) is 8.95. The zero-order valence-corrected chi connectivity index (χ0v) is 7.00. The van der Waals surface area contributed by atoms with Gasteiger partial charge in [0.1, 0.15) is 0 Å². The van der Waals surface area contributed by atoms with Gasteiger partial charge in [0.15, 0.2) is 12.0 Å². The standard InChI is InChI=1S/C6H6O5S/c1-10-12(8,9)6-3-2-5(4-7)11-6/h2-4H,1H3. The van der Waals surface area contributed by atoms with Crippen molar-refractivity contribution in [2.24, 2.45) is 0 Å². The first-order chi connectivity index (χ1) is 5.60. The predicted molar refractivity (Wildman–Crippen MR) is 38.3 cm³/mol. The van der Waals surface area contributed by atoms with Crippen LogP contribution in [0.25, 0.3) is 0 Å². The topological polar surface area (TPSA) is 73.6 Å². The summed E-state index contributed by atoms with van der Waals surface area (Å²) in [5.41, 5.74) is 0. The van der Waals surface area contributed by atoms with Crippen LogP contribution in [-0.2, 0) is 14.3 Å². The maximum atomic E-state index is 10.9. The lowest BCUT2D eigenvalue weighted by Gasteiger charge is -1.93. The number of aldehydes is 1. The van der Waals surface area contributed by atoms with Crippen LogP contribution < -0.4 is 0 Å². The molecule has 1 rings (SSSR count). The van der Waals surface area contributed by atoms with Crippen LogP contribution in [0.5, 0.6) is 0 Å². The molecule has 0 aliphatic carbocycles. The summed E-state index contributed by atoms with van der Waals surface area (Å²) in [6.45, 7) is 0. The van der Waals surface area contributed by atoms with Crippen LogP contribution in [0, 0.1) is 0 Å². The van der Waals surface area contributed by atoms with Crippen LogP contribution >= 0.6 is 0 Å². The minimum Gasteiger partial charge on any atom is -0.439 e. The van der Waals surface area contributed by atoms with E-state index in [2.05, 4.69) is 8.60 Å². The van der Waals surface area contributed by atoms with E-state index in [1.807, 2.05) is 0 Å². The van der Waals surface area contributed by atoms with E-state index >= 15 is 0 Å². The summed E-state index contributed by atoms with van der Waals surface area (Å²) >= 11 is 0. The van der Waals surface area contributed by atoms with Gasteiger partial charge in [-0.2, -0.15) is 8.42 Å². The molecule has 0 bridgehead atoms. The van der Waals surface area contributed by atoms with E-state index in [9.17, 15) is 13.2 Å². The first-order valence-corrected chi connectivity index (χ1v) is 4.36. The highest BCUT2D eigenvalue weighted by atomic mass is 32.2. The maximum absolute atomic E-state index is 10.9. The molecule has 1 heterocycles. The minimum atomic E-state index is -3.81. The molecular formula is C6H6O5S. The molecule has 1 aromatic rings. The molecule has 0 N–H and O–H groups in total. The Labute approximate surface area is 69.1 Å². The van der Waals surface area contributed by atoms with Crippen LogP contribution in [-0.4, -0.2) is 21.8 Å². The van der Waals surface area contributed by atoms with Crippen LogP contribution in [0.2, 0.25) is 0 Å². The van der Waals surface area contributed by atoms with Gasteiger partial charge in [-0.15, -0.1) is 0 Å². The van der Waals surface area contributed by atoms with Crippen molar-refractivity contribution in [2.75, 3.05) is 7.11 Å². The SMILES string of the molecule is COS(=O)(=O)c1ccc(C=O)o1. The monoisotopic (exact) mass is 190 g/mol. The van der Waals surface area contributed by atoms with E-state index in [4.69, 9.17) is 0 Å². The molecule has 0 unspecified atom stereocenters. The molecule has 0 aromatic carbocycles. The fourth-order valence-corrected chi connectivity index (χ4v) is 1.21. The molecule has 0 aliphatic heterocycles. The van der Waals surface area contributed by atoms with E-state index in [-0.39, 0.29) is 10.9 Å². The molecule has 1 aromatic heterocycles. The van der Waals surface area contributed by atoms with Gasteiger partial charge in [0, 0.05) is 0 Å². The van der Waals surface area contributed by atoms with Crippen LogP contribution in [0.15, 0.2) is 21.6 Å². The number of carbonyl (C=O) groups is 1. The zero-order valence-electron chi connectivity index (χ0n) is 6.18. The highest BCUT2D eigenvalue weighted by Crippen LogP contribution is 2.13. The molecule has 6 heteroatoms. The van der Waals surface area contributed by atoms with Crippen LogP contribution in [0.1, 0.15) is 10.6 Å². The quantitative estimate of drug-likeness (QED) is 0.510. The lowest BCUT2D eigenvalue weighted by Crippen LogP contribution is -2.00. The third kappa shape index (κ3) is 1.54. The number of rotatable bonds is 3. The molecule has 66 valence electrons. The second-order valence-corrected chi connectivity index (χ2v) is 3.54. The molecule has 0 amide bonds. The molecule has 0 saturated carbocycles. The molecule has 0 spiro atoms. The van der Waals surface area contributed by atoms with E-state index < -0.39 is 10.1 Å². The lowest BCUT2D eigenvalue weighted by molar-refractivity contribution is 0.109. The Morgan fingerprint density at radius 1 is 1.50 bits per heavy atom. The Morgan fingerprint density at radius 3 is 2.58 bits per heavy atom. The smallest absolute Gasteiger partial charge is 0.330 e. The Hall–Kier alpha value is -1.14. The Morgan fingerprint density at radius 2 is 2.17 bits per heavy atom. The van der Waals surface area contributed by atoms with Crippen LogP contribution in [0.3, 0.4) is 0 Å². The van der Waals surface area contributed by atoms with Crippen molar-refractivity contribution in [2.45, 2.75) is 5.09 Å². The van der Waals surface area contributed by atoms with E-state index in [1.165, 1.54) is 6.07 Å².